The summed E-state index contributed by atoms with van der Waals surface area (Å²) >= 11 is 0. The van der Waals surface area contributed by atoms with Crippen LogP contribution in [0.25, 0.3) is 0 Å². The van der Waals surface area contributed by atoms with Gasteiger partial charge in [0.25, 0.3) is 0 Å². The molecule has 0 saturated carbocycles. The van der Waals surface area contributed by atoms with E-state index in [9.17, 15) is 13.2 Å². The number of aromatic nitrogens is 3. The van der Waals surface area contributed by atoms with Crippen LogP contribution in [0.1, 0.15) is 43.1 Å². The number of hydrogen-bond acceptors (Lipinski definition) is 3. The SMILES string of the molecule is CCNC(=NCc1nncn1C)NCCC(C)c1cccc(C(F)(F)F)c1.I. The first kappa shape index (κ1) is 24.2. The van der Waals surface area contributed by atoms with Gasteiger partial charge in [-0.05, 0) is 30.9 Å². The Labute approximate surface area is 180 Å². The van der Waals surface area contributed by atoms with Crippen molar-refractivity contribution in [1.82, 2.24) is 25.4 Å². The molecule has 1 atom stereocenters. The zero-order valence-corrected chi connectivity index (χ0v) is 18.5. The van der Waals surface area contributed by atoms with Gasteiger partial charge in [0, 0.05) is 20.1 Å². The van der Waals surface area contributed by atoms with Crippen LogP contribution in [0.4, 0.5) is 13.2 Å². The minimum absolute atomic E-state index is 0. The number of aliphatic imine (C=N–C) groups is 1. The van der Waals surface area contributed by atoms with Gasteiger partial charge in [0.15, 0.2) is 11.8 Å². The maximum absolute atomic E-state index is 12.9. The van der Waals surface area contributed by atoms with Crippen LogP contribution in [-0.4, -0.2) is 33.8 Å². The number of benzene rings is 1. The maximum atomic E-state index is 12.9. The van der Waals surface area contributed by atoms with Crippen LogP contribution in [0.3, 0.4) is 0 Å². The average molecular weight is 510 g/mol. The number of guanidine groups is 1. The van der Waals surface area contributed by atoms with Crippen LogP contribution >= 0.6 is 24.0 Å². The van der Waals surface area contributed by atoms with Gasteiger partial charge in [-0.2, -0.15) is 13.2 Å². The highest BCUT2D eigenvalue weighted by atomic mass is 127. The number of nitrogens with one attached hydrogen (secondary N) is 2. The summed E-state index contributed by atoms with van der Waals surface area (Å²) in [6.45, 7) is 5.55. The molecule has 156 valence electrons. The largest absolute Gasteiger partial charge is 0.416 e. The minimum Gasteiger partial charge on any atom is -0.357 e. The number of rotatable bonds is 7. The van der Waals surface area contributed by atoms with E-state index in [1.807, 2.05) is 20.9 Å². The number of nitrogens with zero attached hydrogens (tertiary/aromatic N) is 4. The van der Waals surface area contributed by atoms with Gasteiger partial charge in [0.2, 0.25) is 0 Å². The molecule has 0 aliphatic rings. The van der Waals surface area contributed by atoms with Crippen molar-refractivity contribution in [3.63, 3.8) is 0 Å². The third kappa shape index (κ3) is 7.28. The maximum Gasteiger partial charge on any atom is 0.416 e. The molecule has 0 bridgehead atoms. The number of hydrogen-bond donors (Lipinski definition) is 2. The van der Waals surface area contributed by atoms with Gasteiger partial charge in [-0.15, -0.1) is 34.2 Å². The standard InChI is InChI=1S/C18H25F3N6.HI/c1-4-22-17(24-11-16-26-25-12-27(16)3)23-9-8-13(2)14-6-5-7-15(10-14)18(19,20)21;/h5-7,10,12-13H,4,8-9,11H2,1-3H3,(H2,22,23,24);1H. The van der Waals surface area contributed by atoms with Crippen LogP contribution in [0.2, 0.25) is 0 Å². The lowest BCUT2D eigenvalue weighted by atomic mass is 9.96. The van der Waals surface area contributed by atoms with Crippen LogP contribution in [0.15, 0.2) is 35.6 Å². The minimum atomic E-state index is -4.32. The molecule has 2 rings (SSSR count). The second kappa shape index (κ2) is 11.2. The predicted molar refractivity (Wildman–Crippen MR) is 114 cm³/mol. The summed E-state index contributed by atoms with van der Waals surface area (Å²) in [4.78, 5) is 4.46. The van der Waals surface area contributed by atoms with Crippen molar-refractivity contribution in [2.24, 2.45) is 12.0 Å². The van der Waals surface area contributed by atoms with E-state index in [0.29, 0.717) is 37.6 Å². The van der Waals surface area contributed by atoms with Crippen LogP contribution < -0.4 is 10.6 Å². The van der Waals surface area contributed by atoms with Crippen molar-refractivity contribution in [3.05, 3.63) is 47.5 Å². The monoisotopic (exact) mass is 510 g/mol. The van der Waals surface area contributed by atoms with E-state index in [2.05, 4.69) is 25.8 Å². The molecule has 28 heavy (non-hydrogen) atoms. The van der Waals surface area contributed by atoms with Crippen LogP contribution in [0.5, 0.6) is 0 Å². The molecule has 6 nitrogen and oxygen atoms in total. The first-order chi connectivity index (χ1) is 12.8. The van der Waals surface area contributed by atoms with Crippen molar-refractivity contribution in [3.8, 4) is 0 Å². The molecule has 0 saturated heterocycles. The number of aryl methyl sites for hydroxylation is 1. The highest BCUT2D eigenvalue weighted by molar-refractivity contribution is 14.0. The van der Waals surface area contributed by atoms with Crippen molar-refractivity contribution in [1.29, 1.82) is 0 Å². The Balaban J connectivity index is 0.00000392. The topological polar surface area (TPSA) is 67.1 Å². The van der Waals surface area contributed by atoms with E-state index in [4.69, 9.17) is 0 Å². The van der Waals surface area contributed by atoms with Crippen molar-refractivity contribution in [2.45, 2.75) is 38.9 Å². The van der Waals surface area contributed by atoms with Crippen molar-refractivity contribution >= 4 is 29.9 Å². The first-order valence-corrected chi connectivity index (χ1v) is 8.83. The fourth-order valence-corrected chi connectivity index (χ4v) is 2.54. The fourth-order valence-electron chi connectivity index (χ4n) is 2.54. The van der Waals surface area contributed by atoms with Crippen molar-refractivity contribution < 1.29 is 13.2 Å². The Morgan fingerprint density at radius 3 is 2.64 bits per heavy atom. The number of halogens is 4. The lowest BCUT2D eigenvalue weighted by Crippen LogP contribution is -2.38. The van der Waals surface area contributed by atoms with E-state index in [-0.39, 0.29) is 29.9 Å². The molecule has 1 aromatic carbocycles. The van der Waals surface area contributed by atoms with Gasteiger partial charge in [0.05, 0.1) is 5.56 Å². The van der Waals surface area contributed by atoms with Gasteiger partial charge >= 0.3 is 6.18 Å². The second-order valence-corrected chi connectivity index (χ2v) is 6.29. The summed E-state index contributed by atoms with van der Waals surface area (Å²) in [5.74, 6) is 1.36. The molecule has 10 heteroatoms. The normalized spacial score (nSPS) is 13.0. The molecule has 1 aromatic heterocycles. The van der Waals surface area contributed by atoms with Gasteiger partial charge in [0.1, 0.15) is 12.9 Å². The summed E-state index contributed by atoms with van der Waals surface area (Å²) in [6, 6.07) is 5.50. The molecule has 2 N–H and O–H groups in total. The van der Waals surface area contributed by atoms with Crippen LogP contribution in [0, 0.1) is 0 Å². The zero-order chi connectivity index (χ0) is 19.9. The highest BCUT2D eigenvalue weighted by Gasteiger charge is 2.30. The highest BCUT2D eigenvalue weighted by Crippen LogP contribution is 2.31. The summed E-state index contributed by atoms with van der Waals surface area (Å²) in [6.07, 6.45) is -2.03. The van der Waals surface area contributed by atoms with Gasteiger partial charge < -0.3 is 15.2 Å². The van der Waals surface area contributed by atoms with Gasteiger partial charge in [-0.1, -0.05) is 25.1 Å². The lowest BCUT2D eigenvalue weighted by Gasteiger charge is -2.16. The smallest absolute Gasteiger partial charge is 0.357 e. The van der Waals surface area contributed by atoms with E-state index < -0.39 is 11.7 Å². The third-order valence-corrected chi connectivity index (χ3v) is 4.18. The Bertz CT molecular complexity index is 760. The van der Waals surface area contributed by atoms with E-state index in [1.165, 1.54) is 12.1 Å². The quantitative estimate of drug-likeness (QED) is 0.339. The molecule has 0 radical (unpaired) electrons. The molecular weight excluding hydrogens is 484 g/mol. The molecular formula is C18H26F3IN6. The van der Waals surface area contributed by atoms with Gasteiger partial charge in [-0.25, -0.2) is 4.99 Å². The second-order valence-electron chi connectivity index (χ2n) is 6.29. The zero-order valence-electron chi connectivity index (χ0n) is 16.1. The molecule has 0 aliphatic carbocycles. The summed E-state index contributed by atoms with van der Waals surface area (Å²) in [7, 11) is 1.85. The first-order valence-electron chi connectivity index (χ1n) is 8.83. The molecule has 1 heterocycles. The van der Waals surface area contributed by atoms with Crippen LogP contribution in [-0.2, 0) is 19.8 Å². The molecule has 0 spiro atoms. The van der Waals surface area contributed by atoms with E-state index in [0.717, 1.165) is 11.9 Å². The van der Waals surface area contributed by atoms with Gasteiger partial charge in [-0.3, -0.25) is 0 Å². The Morgan fingerprint density at radius 1 is 1.29 bits per heavy atom. The number of alkyl halides is 3. The third-order valence-electron chi connectivity index (χ3n) is 4.18. The molecule has 0 fully saturated rings. The Hall–Kier alpha value is -1.85. The summed E-state index contributed by atoms with van der Waals surface area (Å²) in [5, 5.41) is 14.1. The lowest BCUT2D eigenvalue weighted by molar-refractivity contribution is -0.137. The molecule has 0 aliphatic heterocycles. The van der Waals surface area contributed by atoms with E-state index >= 15 is 0 Å². The fraction of sp³-hybridized carbons (Fsp3) is 0.500. The molecule has 1 unspecified atom stereocenters. The predicted octanol–water partition coefficient (Wildman–Crippen LogP) is 3.70. The molecule has 2 aromatic rings. The summed E-state index contributed by atoms with van der Waals surface area (Å²) in [5.41, 5.74) is 0.0611. The van der Waals surface area contributed by atoms with Crippen molar-refractivity contribution in [2.75, 3.05) is 13.1 Å². The Morgan fingerprint density at radius 2 is 2.04 bits per heavy atom. The average Bonchev–Trinajstić information content (AvgIpc) is 3.04. The summed E-state index contributed by atoms with van der Waals surface area (Å²) < 4.78 is 40.4. The Kier molecular flexibility index (Phi) is 9.70. The van der Waals surface area contributed by atoms with E-state index in [1.54, 1.807) is 17.0 Å². The molecule has 0 amide bonds.